The first-order valence-electron chi connectivity index (χ1n) is 7.40. The van der Waals surface area contributed by atoms with Gasteiger partial charge in [-0.2, -0.15) is 0 Å². The maximum Gasteiger partial charge on any atom is 0.303 e. The average Bonchev–Trinajstić information content (AvgIpc) is 2.79. The van der Waals surface area contributed by atoms with Crippen molar-refractivity contribution in [3.63, 3.8) is 0 Å². The topological polar surface area (TPSA) is 86.7 Å². The number of rotatable bonds is 6. The number of carboxylic acid groups (broad SMARTS) is 1. The van der Waals surface area contributed by atoms with Crippen LogP contribution in [-0.2, 0) is 14.4 Å². The smallest absolute Gasteiger partial charge is 0.303 e. The van der Waals surface area contributed by atoms with Crippen molar-refractivity contribution in [1.29, 1.82) is 0 Å². The molecule has 0 radical (unpaired) electrons. The number of carbonyl (C=O) groups excluding carboxylic acids is 2. The maximum absolute atomic E-state index is 12.4. The van der Waals surface area contributed by atoms with Gasteiger partial charge in [-0.1, -0.05) is 23.7 Å². The van der Waals surface area contributed by atoms with Gasteiger partial charge in [0.05, 0.1) is 12.0 Å². The number of benzene rings is 1. The fourth-order valence-electron chi connectivity index (χ4n) is 2.83. The van der Waals surface area contributed by atoms with Crippen molar-refractivity contribution in [2.75, 3.05) is 13.6 Å². The van der Waals surface area contributed by atoms with E-state index in [9.17, 15) is 14.4 Å². The highest BCUT2D eigenvalue weighted by atomic mass is 35.5. The fraction of sp³-hybridized carbons (Fsp3) is 0.438. The van der Waals surface area contributed by atoms with Crippen LogP contribution in [0.3, 0.4) is 0 Å². The summed E-state index contributed by atoms with van der Waals surface area (Å²) in [7, 11) is 1.67. The molecule has 6 nitrogen and oxygen atoms in total. The number of nitrogens with zero attached hydrogens (tertiary/aromatic N) is 1. The third-order valence-electron chi connectivity index (χ3n) is 3.98. The maximum atomic E-state index is 12.4. The number of hydrogen-bond donors (Lipinski definition) is 2. The summed E-state index contributed by atoms with van der Waals surface area (Å²) in [5.41, 5.74) is 0.816. The van der Waals surface area contributed by atoms with Crippen LogP contribution in [0.25, 0.3) is 0 Å². The highest BCUT2D eigenvalue weighted by Gasteiger charge is 2.42. The summed E-state index contributed by atoms with van der Waals surface area (Å²) in [6.07, 6.45) is 0.499. The molecule has 1 saturated heterocycles. The molecule has 0 aliphatic carbocycles. The van der Waals surface area contributed by atoms with Gasteiger partial charge in [0.25, 0.3) is 0 Å². The number of aliphatic carboxylic acids is 1. The van der Waals surface area contributed by atoms with Crippen molar-refractivity contribution in [3.8, 4) is 0 Å². The molecule has 23 heavy (non-hydrogen) atoms. The lowest BCUT2D eigenvalue weighted by molar-refractivity contribution is -0.137. The fourth-order valence-corrected chi connectivity index (χ4v) is 3.03. The molecule has 1 aromatic carbocycles. The van der Waals surface area contributed by atoms with Crippen LogP contribution in [0.1, 0.15) is 30.9 Å². The summed E-state index contributed by atoms with van der Waals surface area (Å²) >= 11 is 6.01. The van der Waals surface area contributed by atoms with Gasteiger partial charge in [-0.3, -0.25) is 14.4 Å². The highest BCUT2D eigenvalue weighted by Crippen LogP contribution is 2.37. The first-order valence-corrected chi connectivity index (χ1v) is 7.78. The summed E-state index contributed by atoms with van der Waals surface area (Å²) in [5.74, 6) is -1.73. The second-order valence-electron chi connectivity index (χ2n) is 5.60. The lowest BCUT2D eigenvalue weighted by atomic mass is 9.93. The van der Waals surface area contributed by atoms with Gasteiger partial charge >= 0.3 is 5.97 Å². The van der Waals surface area contributed by atoms with E-state index in [4.69, 9.17) is 16.7 Å². The Morgan fingerprint density at radius 1 is 1.43 bits per heavy atom. The second kappa shape index (κ2) is 7.46. The Morgan fingerprint density at radius 2 is 2.17 bits per heavy atom. The minimum Gasteiger partial charge on any atom is -0.481 e. The van der Waals surface area contributed by atoms with Crippen LogP contribution >= 0.6 is 11.6 Å². The Bertz CT molecular complexity index is 620. The molecule has 2 atom stereocenters. The molecule has 1 aliphatic heterocycles. The monoisotopic (exact) mass is 338 g/mol. The largest absolute Gasteiger partial charge is 0.481 e. The molecule has 1 aliphatic rings. The van der Waals surface area contributed by atoms with Gasteiger partial charge in [-0.15, -0.1) is 0 Å². The minimum absolute atomic E-state index is 0.00149. The molecule has 2 unspecified atom stereocenters. The van der Waals surface area contributed by atoms with Gasteiger partial charge in [-0.25, -0.2) is 0 Å². The molecule has 0 spiro atoms. The Labute approximate surface area is 139 Å². The number of nitrogens with one attached hydrogen (secondary N) is 1. The number of hydrogen-bond acceptors (Lipinski definition) is 3. The number of carboxylic acids is 1. The standard InChI is InChI=1S/C16H19ClN2O4/c1-19-13(20)9-12(16(23)18-7-3-6-14(21)22)15(19)10-4-2-5-11(17)8-10/h2,4-5,8,12,15H,3,6-7,9H2,1H3,(H,18,23)(H,21,22). The first kappa shape index (κ1) is 17.3. The van der Waals surface area contributed by atoms with Crippen LogP contribution in [0.5, 0.6) is 0 Å². The number of carbonyl (C=O) groups is 3. The van der Waals surface area contributed by atoms with Crippen molar-refractivity contribution >= 4 is 29.4 Å². The van der Waals surface area contributed by atoms with Gasteiger partial charge in [0, 0.05) is 31.5 Å². The normalized spacial score (nSPS) is 20.6. The van der Waals surface area contributed by atoms with Crippen molar-refractivity contribution in [1.82, 2.24) is 10.2 Å². The van der Waals surface area contributed by atoms with E-state index in [1.54, 1.807) is 30.1 Å². The molecule has 2 rings (SSSR count). The number of halogens is 1. The first-order chi connectivity index (χ1) is 10.9. The van der Waals surface area contributed by atoms with E-state index in [0.29, 0.717) is 11.4 Å². The summed E-state index contributed by atoms with van der Waals surface area (Å²) in [6, 6.07) is 6.77. The van der Waals surface area contributed by atoms with Crippen molar-refractivity contribution in [2.45, 2.75) is 25.3 Å². The van der Waals surface area contributed by atoms with Crippen LogP contribution < -0.4 is 5.32 Å². The molecule has 1 heterocycles. The number of likely N-dealkylation sites (tertiary alicyclic amines) is 1. The minimum atomic E-state index is -0.896. The van der Waals surface area contributed by atoms with E-state index < -0.39 is 11.9 Å². The second-order valence-corrected chi connectivity index (χ2v) is 6.04. The van der Waals surface area contributed by atoms with E-state index in [2.05, 4.69) is 5.32 Å². The molecule has 7 heteroatoms. The van der Waals surface area contributed by atoms with E-state index in [0.717, 1.165) is 5.56 Å². The summed E-state index contributed by atoms with van der Waals surface area (Å²) in [5, 5.41) is 11.9. The Kier molecular flexibility index (Phi) is 5.60. The third kappa shape index (κ3) is 4.22. The van der Waals surface area contributed by atoms with E-state index in [-0.39, 0.29) is 37.2 Å². The van der Waals surface area contributed by atoms with Gasteiger partial charge in [0.15, 0.2) is 0 Å². The molecule has 1 fully saturated rings. The summed E-state index contributed by atoms with van der Waals surface area (Å²) < 4.78 is 0. The molecule has 2 amide bonds. The van der Waals surface area contributed by atoms with E-state index in [1.807, 2.05) is 6.07 Å². The van der Waals surface area contributed by atoms with Crippen LogP contribution in [0, 0.1) is 5.92 Å². The van der Waals surface area contributed by atoms with Crippen LogP contribution in [-0.4, -0.2) is 41.4 Å². The van der Waals surface area contributed by atoms with Crippen LogP contribution in [0.2, 0.25) is 5.02 Å². The molecule has 1 aromatic rings. The molecule has 124 valence electrons. The Morgan fingerprint density at radius 3 is 2.83 bits per heavy atom. The summed E-state index contributed by atoms with van der Waals surface area (Å²) in [4.78, 5) is 36.4. The average molecular weight is 339 g/mol. The predicted molar refractivity (Wildman–Crippen MR) is 84.9 cm³/mol. The lowest BCUT2D eigenvalue weighted by Gasteiger charge is -2.25. The van der Waals surface area contributed by atoms with E-state index in [1.165, 1.54) is 0 Å². The highest BCUT2D eigenvalue weighted by molar-refractivity contribution is 6.30. The van der Waals surface area contributed by atoms with Gasteiger partial charge < -0.3 is 15.3 Å². The van der Waals surface area contributed by atoms with Crippen molar-refractivity contribution in [3.05, 3.63) is 34.9 Å². The predicted octanol–water partition coefficient (Wildman–Crippen LogP) is 1.84. The third-order valence-corrected chi connectivity index (χ3v) is 4.22. The lowest BCUT2D eigenvalue weighted by Crippen LogP contribution is -2.35. The van der Waals surface area contributed by atoms with Crippen molar-refractivity contribution < 1.29 is 19.5 Å². The Hall–Kier alpha value is -2.08. The number of amides is 2. The zero-order chi connectivity index (χ0) is 17.0. The molecule has 0 bridgehead atoms. The molecule has 0 aromatic heterocycles. The molecular weight excluding hydrogens is 320 g/mol. The van der Waals surface area contributed by atoms with Crippen molar-refractivity contribution in [2.24, 2.45) is 5.92 Å². The van der Waals surface area contributed by atoms with Crippen LogP contribution in [0.15, 0.2) is 24.3 Å². The summed E-state index contributed by atoms with van der Waals surface area (Å²) in [6.45, 7) is 0.280. The quantitative estimate of drug-likeness (QED) is 0.775. The van der Waals surface area contributed by atoms with Gasteiger partial charge in [0.1, 0.15) is 0 Å². The zero-order valence-corrected chi connectivity index (χ0v) is 13.5. The molecular formula is C16H19ClN2O4. The van der Waals surface area contributed by atoms with Gasteiger partial charge in [-0.05, 0) is 24.1 Å². The SMILES string of the molecule is CN1C(=O)CC(C(=O)NCCCC(=O)O)C1c1cccc(Cl)c1. The van der Waals surface area contributed by atoms with Crippen LogP contribution in [0.4, 0.5) is 0 Å². The zero-order valence-electron chi connectivity index (χ0n) is 12.8. The van der Waals surface area contributed by atoms with E-state index >= 15 is 0 Å². The van der Waals surface area contributed by atoms with Gasteiger partial charge in [0.2, 0.25) is 11.8 Å². The molecule has 2 N–H and O–H groups in total. The molecule has 0 saturated carbocycles. The Balaban J connectivity index is 2.08.